The van der Waals surface area contributed by atoms with Crippen molar-refractivity contribution in [3.63, 3.8) is 0 Å². The van der Waals surface area contributed by atoms with E-state index < -0.39 is 11.9 Å². The number of aliphatic hydroxyl groups is 1. The number of hydrogen-bond acceptors (Lipinski definition) is 3. The number of carboxylic acid groups (broad SMARTS) is 2. The third-order valence-electron chi connectivity index (χ3n) is 0.682. The van der Waals surface area contributed by atoms with E-state index in [1.165, 1.54) is 6.08 Å². The Labute approximate surface area is 70.0 Å². The third kappa shape index (κ3) is 23.4. The Morgan fingerprint density at radius 2 is 1.42 bits per heavy atom. The van der Waals surface area contributed by atoms with E-state index in [0.717, 1.165) is 0 Å². The summed E-state index contributed by atoms with van der Waals surface area (Å²) >= 11 is 0. The molecule has 0 heterocycles. The second kappa shape index (κ2) is 9.64. The van der Waals surface area contributed by atoms with E-state index in [0.29, 0.717) is 0 Å². The van der Waals surface area contributed by atoms with Crippen LogP contribution in [0.5, 0.6) is 0 Å². The molecule has 0 atom stereocenters. The van der Waals surface area contributed by atoms with Gasteiger partial charge in [-0.3, -0.25) is 9.59 Å². The SMILES string of the molecule is C=CCO.O=C(O)CCC(=O)O. The highest BCUT2D eigenvalue weighted by atomic mass is 16.4. The fourth-order valence-electron chi connectivity index (χ4n) is 0.214. The van der Waals surface area contributed by atoms with E-state index in [1.54, 1.807) is 0 Å². The molecule has 3 N–H and O–H groups in total. The largest absolute Gasteiger partial charge is 0.481 e. The van der Waals surface area contributed by atoms with Crippen LogP contribution in [0.25, 0.3) is 0 Å². The lowest BCUT2D eigenvalue weighted by Crippen LogP contribution is -2.00. The number of rotatable bonds is 4. The summed E-state index contributed by atoms with van der Waals surface area (Å²) < 4.78 is 0. The molecule has 0 aliphatic heterocycles. The number of hydrogen-bond donors (Lipinski definition) is 3. The molecule has 0 spiro atoms. The summed E-state index contributed by atoms with van der Waals surface area (Å²) in [6.45, 7) is 3.31. The topological polar surface area (TPSA) is 94.8 Å². The van der Waals surface area contributed by atoms with Gasteiger partial charge in [0.2, 0.25) is 0 Å². The molecule has 0 rings (SSSR count). The van der Waals surface area contributed by atoms with E-state index in [2.05, 4.69) is 6.58 Å². The molecule has 0 aliphatic rings. The van der Waals surface area contributed by atoms with Crippen molar-refractivity contribution in [3.8, 4) is 0 Å². The van der Waals surface area contributed by atoms with Crippen LogP contribution in [0.3, 0.4) is 0 Å². The summed E-state index contributed by atoms with van der Waals surface area (Å²) in [5, 5.41) is 23.6. The Kier molecular flexibility index (Phi) is 10.6. The lowest BCUT2D eigenvalue weighted by molar-refractivity contribution is -0.143. The Morgan fingerprint density at radius 1 is 1.17 bits per heavy atom. The first-order valence-corrected chi connectivity index (χ1v) is 3.20. The summed E-state index contributed by atoms with van der Waals surface area (Å²) in [6, 6.07) is 0. The minimum Gasteiger partial charge on any atom is -0.481 e. The van der Waals surface area contributed by atoms with Gasteiger partial charge in [-0.15, -0.1) is 6.58 Å². The van der Waals surface area contributed by atoms with Gasteiger partial charge in [-0.25, -0.2) is 0 Å². The first kappa shape index (κ1) is 13.2. The summed E-state index contributed by atoms with van der Waals surface area (Å²) in [5.74, 6) is -2.15. The van der Waals surface area contributed by atoms with Gasteiger partial charge in [-0.05, 0) is 0 Å². The van der Waals surface area contributed by atoms with Crippen molar-refractivity contribution >= 4 is 11.9 Å². The highest BCUT2D eigenvalue weighted by Crippen LogP contribution is 1.86. The minimum absolute atomic E-state index is 0.0833. The molecule has 5 nitrogen and oxygen atoms in total. The molecule has 0 bridgehead atoms. The second-order valence-electron chi connectivity index (χ2n) is 1.76. The van der Waals surface area contributed by atoms with Crippen molar-refractivity contribution in [2.24, 2.45) is 0 Å². The van der Waals surface area contributed by atoms with E-state index >= 15 is 0 Å². The first-order chi connectivity index (χ1) is 5.54. The number of carbonyl (C=O) groups is 2. The van der Waals surface area contributed by atoms with Crippen molar-refractivity contribution in [2.45, 2.75) is 12.8 Å². The van der Waals surface area contributed by atoms with Crippen LogP contribution in [0, 0.1) is 0 Å². The Hall–Kier alpha value is -1.36. The molecular weight excluding hydrogens is 164 g/mol. The maximum absolute atomic E-state index is 9.64. The van der Waals surface area contributed by atoms with Crippen LogP contribution in [-0.2, 0) is 9.59 Å². The standard InChI is InChI=1S/C4H6O4.C3H6O/c5-3(6)1-2-4(7)8;1-2-3-4/h1-2H2,(H,5,6)(H,7,8);2,4H,1,3H2. The fourth-order valence-corrected chi connectivity index (χ4v) is 0.214. The molecule has 12 heavy (non-hydrogen) atoms. The summed E-state index contributed by atoms with van der Waals surface area (Å²) in [7, 11) is 0. The number of aliphatic carboxylic acids is 2. The van der Waals surface area contributed by atoms with Crippen molar-refractivity contribution in [1.82, 2.24) is 0 Å². The lowest BCUT2D eigenvalue weighted by Gasteiger charge is -1.85. The van der Waals surface area contributed by atoms with Crippen molar-refractivity contribution < 1.29 is 24.9 Å². The first-order valence-electron chi connectivity index (χ1n) is 3.20. The van der Waals surface area contributed by atoms with Crippen LogP contribution >= 0.6 is 0 Å². The zero-order chi connectivity index (χ0) is 9.98. The molecule has 5 heteroatoms. The van der Waals surface area contributed by atoms with Gasteiger partial charge in [0.25, 0.3) is 0 Å². The van der Waals surface area contributed by atoms with E-state index in [-0.39, 0.29) is 19.4 Å². The fraction of sp³-hybridized carbons (Fsp3) is 0.429. The molecular formula is C7H12O5. The van der Waals surface area contributed by atoms with E-state index in [4.69, 9.17) is 15.3 Å². The van der Waals surface area contributed by atoms with Gasteiger partial charge >= 0.3 is 11.9 Å². The summed E-state index contributed by atoms with van der Waals surface area (Å²) in [4.78, 5) is 19.3. The zero-order valence-electron chi connectivity index (χ0n) is 6.56. The van der Waals surface area contributed by atoms with Crippen LogP contribution < -0.4 is 0 Å². The normalized spacial score (nSPS) is 7.75. The average molecular weight is 176 g/mol. The molecule has 0 aromatic carbocycles. The highest BCUT2D eigenvalue weighted by Gasteiger charge is 2.00. The molecule has 70 valence electrons. The molecule has 0 aromatic heterocycles. The number of carboxylic acids is 2. The molecule has 0 amide bonds. The number of aliphatic hydroxyl groups excluding tert-OH is 1. The average Bonchev–Trinajstić information content (AvgIpc) is 2.01. The van der Waals surface area contributed by atoms with E-state index in [9.17, 15) is 9.59 Å². The smallest absolute Gasteiger partial charge is 0.303 e. The molecule has 0 aliphatic carbocycles. The van der Waals surface area contributed by atoms with Gasteiger partial charge in [0.05, 0.1) is 19.4 Å². The van der Waals surface area contributed by atoms with Gasteiger partial charge in [-0.1, -0.05) is 6.08 Å². The maximum Gasteiger partial charge on any atom is 0.303 e. The van der Waals surface area contributed by atoms with Crippen LogP contribution in [-0.4, -0.2) is 33.9 Å². The maximum atomic E-state index is 9.64. The van der Waals surface area contributed by atoms with Gasteiger partial charge in [0.15, 0.2) is 0 Å². The summed E-state index contributed by atoms with van der Waals surface area (Å²) in [6.07, 6.45) is 0.838. The lowest BCUT2D eigenvalue weighted by atomic mass is 10.3. The van der Waals surface area contributed by atoms with Crippen LogP contribution in [0.15, 0.2) is 12.7 Å². The second-order valence-corrected chi connectivity index (χ2v) is 1.76. The Balaban J connectivity index is 0. The van der Waals surface area contributed by atoms with Crippen molar-refractivity contribution in [1.29, 1.82) is 0 Å². The van der Waals surface area contributed by atoms with Crippen LogP contribution in [0.4, 0.5) is 0 Å². The van der Waals surface area contributed by atoms with Gasteiger partial charge in [0.1, 0.15) is 0 Å². The van der Waals surface area contributed by atoms with Gasteiger partial charge in [-0.2, -0.15) is 0 Å². The van der Waals surface area contributed by atoms with E-state index in [1.807, 2.05) is 0 Å². The predicted molar refractivity (Wildman–Crippen MR) is 41.8 cm³/mol. The zero-order valence-corrected chi connectivity index (χ0v) is 6.56. The van der Waals surface area contributed by atoms with Crippen LogP contribution in [0.2, 0.25) is 0 Å². The molecule has 0 fully saturated rings. The quantitative estimate of drug-likeness (QED) is 0.528. The van der Waals surface area contributed by atoms with Crippen molar-refractivity contribution in [2.75, 3.05) is 6.61 Å². The predicted octanol–water partition coefficient (Wildman–Crippen LogP) is 0.100. The molecule has 0 unspecified atom stereocenters. The molecule has 0 aromatic rings. The highest BCUT2D eigenvalue weighted by molar-refractivity contribution is 5.75. The van der Waals surface area contributed by atoms with Crippen LogP contribution in [0.1, 0.15) is 12.8 Å². The van der Waals surface area contributed by atoms with Gasteiger partial charge in [0, 0.05) is 0 Å². The summed E-state index contributed by atoms with van der Waals surface area (Å²) in [5.41, 5.74) is 0. The third-order valence-corrected chi connectivity index (χ3v) is 0.682. The Bertz CT molecular complexity index is 138. The molecule has 0 radical (unpaired) electrons. The Morgan fingerprint density at radius 3 is 1.50 bits per heavy atom. The minimum atomic E-state index is -1.08. The molecule has 0 saturated heterocycles. The molecule has 0 saturated carbocycles. The van der Waals surface area contributed by atoms with Gasteiger partial charge < -0.3 is 15.3 Å². The van der Waals surface area contributed by atoms with Crippen molar-refractivity contribution in [3.05, 3.63) is 12.7 Å². The monoisotopic (exact) mass is 176 g/mol.